The predicted octanol–water partition coefficient (Wildman–Crippen LogP) is 4.32. The van der Waals surface area contributed by atoms with E-state index in [1.807, 2.05) is 0 Å². The fourth-order valence-corrected chi connectivity index (χ4v) is 2.69. The van der Waals surface area contributed by atoms with Gasteiger partial charge in [-0.25, -0.2) is 24.5 Å². The first-order valence-corrected chi connectivity index (χ1v) is 10.3. The van der Waals surface area contributed by atoms with E-state index in [1.165, 1.54) is 25.2 Å². The standard InChI is InChI=1S/C22H29N5O7/c1-21(2,3)33-19(29)25(7)17-11-18(24-13-23-17)26(20(30)34-22(4,5)6)15-9-8-14(12-28)10-16(15)27(31)32/h8-11,13,28H,12H2,1-7H3. The molecule has 184 valence electrons. The highest BCUT2D eigenvalue weighted by molar-refractivity contribution is 5.98. The number of rotatable bonds is 5. The van der Waals surface area contributed by atoms with Gasteiger partial charge in [-0.3, -0.25) is 15.0 Å². The molecular formula is C22H29N5O7. The minimum absolute atomic E-state index is 0.0745. The van der Waals surface area contributed by atoms with Crippen LogP contribution in [-0.4, -0.2) is 50.4 Å². The maximum atomic E-state index is 13.2. The molecule has 0 saturated carbocycles. The van der Waals surface area contributed by atoms with E-state index in [-0.39, 0.29) is 22.9 Å². The van der Waals surface area contributed by atoms with Gasteiger partial charge < -0.3 is 14.6 Å². The molecule has 0 spiro atoms. The smallest absolute Gasteiger partial charge is 0.420 e. The van der Waals surface area contributed by atoms with Crippen LogP contribution in [0.2, 0.25) is 0 Å². The normalized spacial score (nSPS) is 11.5. The van der Waals surface area contributed by atoms with E-state index in [2.05, 4.69) is 9.97 Å². The Morgan fingerprint density at radius 2 is 1.56 bits per heavy atom. The Labute approximate surface area is 197 Å². The van der Waals surface area contributed by atoms with E-state index in [0.717, 1.165) is 22.2 Å². The number of aliphatic hydroxyl groups is 1. The number of carbonyl (C=O) groups is 2. The summed E-state index contributed by atoms with van der Waals surface area (Å²) in [5.41, 5.74) is -1.97. The number of nitro benzene ring substituents is 1. The molecule has 1 N–H and O–H groups in total. The molecule has 1 aromatic carbocycles. The van der Waals surface area contributed by atoms with Crippen molar-refractivity contribution in [3.05, 3.63) is 46.3 Å². The van der Waals surface area contributed by atoms with E-state index in [0.29, 0.717) is 0 Å². The molecule has 0 aliphatic carbocycles. The predicted molar refractivity (Wildman–Crippen MR) is 124 cm³/mol. The fraction of sp³-hybridized carbons (Fsp3) is 0.455. The zero-order valence-corrected chi connectivity index (χ0v) is 20.2. The Kier molecular flexibility index (Phi) is 7.78. The first-order valence-electron chi connectivity index (χ1n) is 10.3. The van der Waals surface area contributed by atoms with Gasteiger partial charge in [-0.15, -0.1) is 0 Å². The van der Waals surface area contributed by atoms with Crippen LogP contribution in [0.1, 0.15) is 47.1 Å². The average molecular weight is 476 g/mol. The molecule has 0 aliphatic heterocycles. The van der Waals surface area contributed by atoms with Gasteiger partial charge in [0, 0.05) is 19.2 Å². The summed E-state index contributed by atoms with van der Waals surface area (Å²) < 4.78 is 10.8. The largest absolute Gasteiger partial charge is 0.443 e. The summed E-state index contributed by atoms with van der Waals surface area (Å²) in [5, 5.41) is 21.2. The number of benzene rings is 1. The zero-order valence-electron chi connectivity index (χ0n) is 20.2. The summed E-state index contributed by atoms with van der Waals surface area (Å²) in [7, 11) is 1.43. The molecule has 0 aliphatic rings. The van der Waals surface area contributed by atoms with Crippen molar-refractivity contribution < 1.29 is 29.1 Å². The number of hydrogen-bond donors (Lipinski definition) is 1. The molecule has 2 aromatic rings. The second kappa shape index (κ2) is 10.00. The fourth-order valence-electron chi connectivity index (χ4n) is 2.69. The van der Waals surface area contributed by atoms with E-state index in [1.54, 1.807) is 41.5 Å². The minimum atomic E-state index is -0.933. The van der Waals surface area contributed by atoms with E-state index >= 15 is 0 Å². The number of aliphatic hydroxyl groups excluding tert-OH is 1. The topological polar surface area (TPSA) is 148 Å². The third-order valence-corrected chi connectivity index (χ3v) is 4.11. The van der Waals surface area contributed by atoms with Crippen LogP contribution in [0, 0.1) is 10.1 Å². The van der Waals surface area contributed by atoms with Gasteiger partial charge in [0.1, 0.15) is 34.9 Å². The van der Waals surface area contributed by atoms with Crippen molar-refractivity contribution in [2.75, 3.05) is 16.8 Å². The minimum Gasteiger partial charge on any atom is -0.443 e. The summed E-state index contributed by atoms with van der Waals surface area (Å²) in [6, 6.07) is 5.21. The van der Waals surface area contributed by atoms with Crippen molar-refractivity contribution in [2.45, 2.75) is 59.4 Å². The Morgan fingerprint density at radius 1 is 1.00 bits per heavy atom. The van der Waals surface area contributed by atoms with Gasteiger partial charge in [0.2, 0.25) is 0 Å². The van der Waals surface area contributed by atoms with Crippen LogP contribution in [0.5, 0.6) is 0 Å². The molecule has 2 amide bonds. The second-order valence-electron chi connectivity index (χ2n) is 9.33. The Balaban J connectivity index is 2.62. The Bertz CT molecular complexity index is 1080. The number of nitro groups is 1. The van der Waals surface area contributed by atoms with E-state index in [4.69, 9.17) is 9.47 Å². The van der Waals surface area contributed by atoms with Crippen molar-refractivity contribution in [1.29, 1.82) is 0 Å². The number of nitrogens with zero attached hydrogens (tertiary/aromatic N) is 5. The highest BCUT2D eigenvalue weighted by Crippen LogP contribution is 2.36. The van der Waals surface area contributed by atoms with E-state index in [9.17, 15) is 24.8 Å². The van der Waals surface area contributed by atoms with Crippen molar-refractivity contribution in [1.82, 2.24) is 9.97 Å². The van der Waals surface area contributed by atoms with Gasteiger partial charge in [0.05, 0.1) is 11.5 Å². The van der Waals surface area contributed by atoms with E-state index < -0.39 is 40.6 Å². The van der Waals surface area contributed by atoms with Gasteiger partial charge in [-0.05, 0) is 53.2 Å². The number of aromatic nitrogens is 2. The van der Waals surface area contributed by atoms with Crippen LogP contribution in [0.25, 0.3) is 0 Å². The first kappa shape index (κ1) is 26.5. The van der Waals surface area contributed by atoms with Gasteiger partial charge in [-0.2, -0.15) is 0 Å². The molecular weight excluding hydrogens is 446 g/mol. The summed E-state index contributed by atoms with van der Waals surface area (Å²) in [4.78, 5) is 46.9. The Morgan fingerprint density at radius 3 is 2.09 bits per heavy atom. The molecule has 1 heterocycles. The molecule has 0 radical (unpaired) electrons. The lowest BCUT2D eigenvalue weighted by Gasteiger charge is -2.27. The zero-order chi connectivity index (χ0) is 25.8. The lowest BCUT2D eigenvalue weighted by molar-refractivity contribution is -0.384. The number of carbonyl (C=O) groups excluding carboxylic acids is 2. The third kappa shape index (κ3) is 6.85. The van der Waals surface area contributed by atoms with Crippen LogP contribution in [-0.2, 0) is 16.1 Å². The maximum Gasteiger partial charge on any atom is 0.420 e. The van der Waals surface area contributed by atoms with Crippen LogP contribution < -0.4 is 9.80 Å². The monoisotopic (exact) mass is 475 g/mol. The molecule has 0 bridgehead atoms. The molecule has 34 heavy (non-hydrogen) atoms. The van der Waals surface area contributed by atoms with Crippen LogP contribution in [0.4, 0.5) is 32.6 Å². The molecule has 12 heteroatoms. The molecule has 1 aromatic heterocycles. The van der Waals surface area contributed by atoms with Gasteiger partial charge in [-0.1, -0.05) is 6.07 Å². The molecule has 0 fully saturated rings. The quantitative estimate of drug-likeness (QED) is 0.493. The van der Waals surface area contributed by atoms with Crippen molar-refractivity contribution in [3.63, 3.8) is 0 Å². The SMILES string of the molecule is CN(C(=O)OC(C)(C)C)c1cc(N(C(=O)OC(C)(C)C)c2ccc(CO)cc2[N+](=O)[O-])ncn1. The highest BCUT2D eigenvalue weighted by Gasteiger charge is 2.32. The summed E-state index contributed by atoms with van der Waals surface area (Å²) in [5.74, 6) is 0.0111. The lowest BCUT2D eigenvalue weighted by Crippen LogP contribution is -2.36. The van der Waals surface area contributed by atoms with Crippen LogP contribution in [0.3, 0.4) is 0 Å². The van der Waals surface area contributed by atoms with Crippen molar-refractivity contribution in [3.8, 4) is 0 Å². The number of anilines is 3. The van der Waals surface area contributed by atoms with Crippen molar-refractivity contribution in [2.24, 2.45) is 0 Å². The summed E-state index contributed by atoms with van der Waals surface area (Å²) in [6.45, 7) is 9.65. The molecule has 0 saturated heterocycles. The van der Waals surface area contributed by atoms with Crippen LogP contribution >= 0.6 is 0 Å². The molecule has 2 rings (SSSR count). The lowest BCUT2D eigenvalue weighted by atomic mass is 10.1. The van der Waals surface area contributed by atoms with Crippen LogP contribution in [0.15, 0.2) is 30.6 Å². The number of amides is 2. The highest BCUT2D eigenvalue weighted by atomic mass is 16.6. The second-order valence-corrected chi connectivity index (χ2v) is 9.33. The molecule has 12 nitrogen and oxygen atoms in total. The molecule has 0 unspecified atom stereocenters. The van der Waals surface area contributed by atoms with Gasteiger partial charge >= 0.3 is 12.2 Å². The summed E-state index contributed by atoms with van der Waals surface area (Å²) >= 11 is 0. The first-order chi connectivity index (χ1) is 15.6. The maximum absolute atomic E-state index is 13.2. The Hall–Kier alpha value is -3.80. The number of ether oxygens (including phenoxy) is 2. The molecule has 0 atom stereocenters. The van der Waals surface area contributed by atoms with Crippen molar-refractivity contribution >= 4 is 35.2 Å². The number of hydrogen-bond acceptors (Lipinski definition) is 9. The van der Waals surface area contributed by atoms with Gasteiger partial charge in [0.15, 0.2) is 0 Å². The summed E-state index contributed by atoms with van der Waals surface area (Å²) in [6.07, 6.45) is -0.521. The van der Waals surface area contributed by atoms with Gasteiger partial charge in [0.25, 0.3) is 5.69 Å². The third-order valence-electron chi connectivity index (χ3n) is 4.11. The average Bonchev–Trinajstić information content (AvgIpc) is 2.71.